The minimum Gasteiger partial charge on any atom is -0.207 e. The zero-order valence-electron chi connectivity index (χ0n) is 9.80. The van der Waals surface area contributed by atoms with Crippen LogP contribution >= 0.6 is 11.6 Å². The van der Waals surface area contributed by atoms with E-state index in [9.17, 15) is 13.2 Å². The molecule has 0 spiro atoms. The van der Waals surface area contributed by atoms with Gasteiger partial charge in [0.25, 0.3) is 5.92 Å². The Balaban J connectivity index is 1.88. The largest absolute Gasteiger partial charge is 0.251 e. The van der Waals surface area contributed by atoms with Gasteiger partial charge in [0.05, 0.1) is 5.02 Å². The van der Waals surface area contributed by atoms with E-state index in [4.69, 9.17) is 11.6 Å². The number of hydrogen-bond acceptors (Lipinski definition) is 0. The Morgan fingerprint density at radius 1 is 1.17 bits per heavy atom. The van der Waals surface area contributed by atoms with Crippen molar-refractivity contribution in [2.45, 2.75) is 37.5 Å². The molecule has 2 aliphatic rings. The average Bonchev–Trinajstić information content (AvgIpc) is 2.85. The fourth-order valence-corrected chi connectivity index (χ4v) is 3.88. The highest BCUT2D eigenvalue weighted by Gasteiger charge is 2.55. The summed E-state index contributed by atoms with van der Waals surface area (Å²) < 4.78 is 40.4. The van der Waals surface area contributed by atoms with Crippen LogP contribution in [-0.4, -0.2) is 5.92 Å². The summed E-state index contributed by atoms with van der Waals surface area (Å²) in [5, 5.41) is 0.0840. The SMILES string of the molecule is Fc1ccc(C2CC[C@H]3[C@@H]2CCC3(F)F)cc1Cl. The van der Waals surface area contributed by atoms with Gasteiger partial charge in [0.15, 0.2) is 0 Å². The monoisotopic (exact) mass is 274 g/mol. The molecule has 0 aliphatic heterocycles. The molecule has 3 atom stereocenters. The van der Waals surface area contributed by atoms with Crippen molar-refractivity contribution < 1.29 is 13.2 Å². The molecule has 2 saturated carbocycles. The molecule has 98 valence electrons. The summed E-state index contributed by atoms with van der Waals surface area (Å²) in [5.41, 5.74) is 0.909. The van der Waals surface area contributed by atoms with Crippen molar-refractivity contribution in [1.29, 1.82) is 0 Å². The Bertz CT molecular complexity index is 472. The maximum atomic E-state index is 13.6. The van der Waals surface area contributed by atoms with E-state index in [1.807, 2.05) is 0 Å². The Labute approximate surface area is 109 Å². The molecule has 0 radical (unpaired) electrons. The van der Waals surface area contributed by atoms with Crippen LogP contribution in [0.15, 0.2) is 18.2 Å². The molecular formula is C14H14ClF3. The first-order chi connectivity index (χ1) is 8.49. The molecule has 18 heavy (non-hydrogen) atoms. The standard InChI is InChI=1S/C14H14ClF3/c15-12-7-8(1-4-13(12)16)9-2-3-11-10(9)5-6-14(11,17)18/h1,4,7,9-11H,2-3,5-6H2/t9?,10-,11+/m1/s1. The Kier molecular flexibility index (Phi) is 2.85. The van der Waals surface area contributed by atoms with Gasteiger partial charge in [-0.1, -0.05) is 17.7 Å². The van der Waals surface area contributed by atoms with Crippen LogP contribution in [0.4, 0.5) is 13.2 Å². The predicted molar refractivity (Wildman–Crippen MR) is 64.5 cm³/mol. The Morgan fingerprint density at radius 2 is 1.94 bits per heavy atom. The molecule has 1 aromatic rings. The fraction of sp³-hybridized carbons (Fsp3) is 0.571. The zero-order chi connectivity index (χ0) is 12.9. The first-order valence-corrected chi connectivity index (χ1v) is 6.69. The van der Waals surface area contributed by atoms with Gasteiger partial charge in [-0.25, -0.2) is 13.2 Å². The maximum Gasteiger partial charge on any atom is 0.251 e. The van der Waals surface area contributed by atoms with Gasteiger partial charge in [-0.2, -0.15) is 0 Å². The van der Waals surface area contributed by atoms with Crippen LogP contribution in [0.25, 0.3) is 0 Å². The molecule has 0 saturated heterocycles. The molecule has 0 amide bonds. The molecule has 0 N–H and O–H groups in total. The van der Waals surface area contributed by atoms with Crippen molar-refractivity contribution in [3.05, 3.63) is 34.6 Å². The van der Waals surface area contributed by atoms with E-state index in [-0.39, 0.29) is 23.3 Å². The number of benzene rings is 1. The predicted octanol–water partition coefficient (Wildman–Crippen LogP) is 5.02. The lowest BCUT2D eigenvalue weighted by molar-refractivity contribution is -0.0409. The summed E-state index contributed by atoms with van der Waals surface area (Å²) in [6, 6.07) is 4.61. The molecule has 4 heteroatoms. The fourth-order valence-electron chi connectivity index (χ4n) is 3.70. The summed E-state index contributed by atoms with van der Waals surface area (Å²) in [6.45, 7) is 0. The van der Waals surface area contributed by atoms with E-state index < -0.39 is 17.7 Å². The van der Waals surface area contributed by atoms with Crippen LogP contribution in [0.5, 0.6) is 0 Å². The molecule has 0 bridgehead atoms. The first kappa shape index (κ1) is 12.3. The van der Waals surface area contributed by atoms with Crippen molar-refractivity contribution in [2.75, 3.05) is 0 Å². The van der Waals surface area contributed by atoms with E-state index in [1.165, 1.54) is 6.07 Å². The van der Waals surface area contributed by atoms with Gasteiger partial charge in [0.1, 0.15) is 5.82 Å². The van der Waals surface area contributed by atoms with Gasteiger partial charge in [-0.15, -0.1) is 0 Å². The molecule has 0 aromatic heterocycles. The number of hydrogen-bond donors (Lipinski definition) is 0. The lowest BCUT2D eigenvalue weighted by Crippen LogP contribution is -2.22. The van der Waals surface area contributed by atoms with Gasteiger partial charge in [0, 0.05) is 12.3 Å². The van der Waals surface area contributed by atoms with Crippen LogP contribution in [0.3, 0.4) is 0 Å². The van der Waals surface area contributed by atoms with Crippen LogP contribution in [0.1, 0.15) is 37.2 Å². The van der Waals surface area contributed by atoms with Gasteiger partial charge in [-0.05, 0) is 48.8 Å². The molecule has 2 aliphatic carbocycles. The first-order valence-electron chi connectivity index (χ1n) is 6.32. The second-order valence-corrected chi connectivity index (χ2v) is 5.83. The lowest BCUT2D eigenvalue weighted by atomic mass is 9.86. The normalized spacial score (nSPS) is 33.7. The van der Waals surface area contributed by atoms with Crippen LogP contribution in [-0.2, 0) is 0 Å². The third-order valence-corrected chi connectivity index (χ3v) is 4.84. The number of alkyl halides is 2. The Hall–Kier alpha value is -0.700. The van der Waals surface area contributed by atoms with Crippen molar-refractivity contribution in [2.24, 2.45) is 11.8 Å². The van der Waals surface area contributed by atoms with Crippen molar-refractivity contribution in [3.8, 4) is 0 Å². The van der Waals surface area contributed by atoms with Gasteiger partial charge >= 0.3 is 0 Å². The highest BCUT2D eigenvalue weighted by molar-refractivity contribution is 6.30. The minimum absolute atomic E-state index is 0.00619. The van der Waals surface area contributed by atoms with Gasteiger partial charge < -0.3 is 0 Å². The summed E-state index contributed by atoms with van der Waals surface area (Å²) in [6.07, 6.45) is 1.88. The molecule has 0 nitrogen and oxygen atoms in total. The smallest absolute Gasteiger partial charge is 0.207 e. The molecule has 1 aromatic carbocycles. The number of fused-ring (bicyclic) bond motifs is 1. The molecule has 1 unspecified atom stereocenters. The molecular weight excluding hydrogens is 261 g/mol. The second kappa shape index (κ2) is 4.16. The minimum atomic E-state index is -2.51. The van der Waals surface area contributed by atoms with E-state index in [0.29, 0.717) is 12.8 Å². The molecule has 3 rings (SSSR count). The summed E-state index contributed by atoms with van der Waals surface area (Å²) in [7, 11) is 0. The molecule has 2 fully saturated rings. The van der Waals surface area contributed by atoms with E-state index in [2.05, 4.69) is 0 Å². The van der Waals surface area contributed by atoms with Crippen molar-refractivity contribution in [1.82, 2.24) is 0 Å². The highest BCUT2D eigenvalue weighted by Crippen LogP contribution is 2.58. The summed E-state index contributed by atoms with van der Waals surface area (Å²) in [4.78, 5) is 0. The van der Waals surface area contributed by atoms with E-state index in [0.717, 1.165) is 12.0 Å². The van der Waals surface area contributed by atoms with Gasteiger partial charge in [0.2, 0.25) is 0 Å². The summed E-state index contributed by atoms with van der Waals surface area (Å²) >= 11 is 5.77. The number of halogens is 4. The van der Waals surface area contributed by atoms with E-state index in [1.54, 1.807) is 12.1 Å². The highest BCUT2D eigenvalue weighted by atomic mass is 35.5. The van der Waals surface area contributed by atoms with Crippen LogP contribution < -0.4 is 0 Å². The summed E-state index contributed by atoms with van der Waals surface area (Å²) in [5.74, 6) is -3.32. The van der Waals surface area contributed by atoms with Crippen molar-refractivity contribution >= 4 is 11.6 Å². The maximum absolute atomic E-state index is 13.6. The van der Waals surface area contributed by atoms with Crippen LogP contribution in [0.2, 0.25) is 5.02 Å². The van der Waals surface area contributed by atoms with Crippen molar-refractivity contribution in [3.63, 3.8) is 0 Å². The zero-order valence-corrected chi connectivity index (χ0v) is 10.6. The quantitative estimate of drug-likeness (QED) is 0.675. The lowest BCUT2D eigenvalue weighted by Gasteiger charge is -2.20. The second-order valence-electron chi connectivity index (χ2n) is 5.43. The average molecular weight is 275 g/mol. The van der Waals surface area contributed by atoms with Crippen LogP contribution in [0, 0.1) is 17.7 Å². The van der Waals surface area contributed by atoms with Gasteiger partial charge in [-0.3, -0.25) is 0 Å². The third kappa shape index (κ3) is 1.83. The topological polar surface area (TPSA) is 0 Å². The Morgan fingerprint density at radius 3 is 2.67 bits per heavy atom. The molecule has 0 heterocycles. The van der Waals surface area contributed by atoms with E-state index >= 15 is 0 Å². The number of rotatable bonds is 1. The third-order valence-electron chi connectivity index (χ3n) is 4.55.